The monoisotopic (exact) mass is 348 g/mol. The summed E-state index contributed by atoms with van der Waals surface area (Å²) in [7, 11) is 0. The summed E-state index contributed by atoms with van der Waals surface area (Å²) >= 11 is 0. The number of aliphatic carboxylic acids is 1. The predicted molar refractivity (Wildman–Crippen MR) is 74.4 cm³/mol. The maximum Gasteiger partial charge on any atom is 0.416 e. The molecule has 7 nitrogen and oxygen atoms in total. The Morgan fingerprint density at radius 3 is 2.12 bits per heavy atom. The number of nitrogens with two attached hydrogens (primary N) is 1. The zero-order valence-electron chi connectivity index (χ0n) is 12.2. The number of hydrogen-bond donors (Lipinski definition) is 4. The quantitative estimate of drug-likeness (QED) is 0.572. The Bertz CT molecular complexity index is 616. The number of alkyl halides is 3. The van der Waals surface area contributed by atoms with Gasteiger partial charge in [-0.1, -0.05) is 12.1 Å². The topological polar surface area (TPSA) is 130 Å². The number of primary amides is 1. The number of carboxylic acids is 1. The first-order valence-electron chi connectivity index (χ1n) is 6.69. The van der Waals surface area contributed by atoms with E-state index in [-0.39, 0.29) is 12.0 Å². The molecule has 0 saturated carbocycles. The molecule has 10 heteroatoms. The minimum atomic E-state index is -4.56. The van der Waals surface area contributed by atoms with Crippen LogP contribution >= 0.6 is 0 Å². The lowest BCUT2D eigenvalue weighted by Crippen LogP contribution is -2.46. The summed E-state index contributed by atoms with van der Waals surface area (Å²) in [4.78, 5) is 33.5. The van der Waals surface area contributed by atoms with Gasteiger partial charge in [-0.15, -0.1) is 0 Å². The Morgan fingerprint density at radius 1 is 1.17 bits per heavy atom. The summed E-state index contributed by atoms with van der Waals surface area (Å²) in [6.45, 7) is 0. The van der Waals surface area contributed by atoms with Crippen LogP contribution in [0, 0.1) is 0 Å². The summed E-state index contributed by atoms with van der Waals surface area (Å²) in [5.41, 5.74) is 3.95. The van der Waals surface area contributed by atoms with Gasteiger partial charge in [0, 0.05) is 6.42 Å². The van der Waals surface area contributed by atoms with E-state index in [0.717, 1.165) is 12.1 Å². The molecule has 0 aliphatic carbocycles. The van der Waals surface area contributed by atoms with Crippen molar-refractivity contribution >= 4 is 17.8 Å². The van der Waals surface area contributed by atoms with Crippen LogP contribution in [0.3, 0.4) is 0 Å². The number of hydrogen-bond acceptors (Lipinski definition) is 4. The summed E-state index contributed by atoms with van der Waals surface area (Å²) < 4.78 is 37.3. The highest BCUT2D eigenvalue weighted by Gasteiger charge is 2.31. The smallest absolute Gasteiger partial charge is 0.416 e. The largest absolute Gasteiger partial charge is 0.481 e. The standard InChI is InChI=1S/C14H15F3N2O5/c15-14(16,17)8-3-1-7(2-4-8)11(22)13(24)19-9(12(18)23)5-6-10(20)21/h1-4,9,11,22H,5-6H2,(H2,18,23)(H,19,24)(H,20,21)/t9-,11+/m0/s1. The highest BCUT2D eigenvalue weighted by molar-refractivity contribution is 5.89. The van der Waals surface area contributed by atoms with Gasteiger partial charge in [-0.2, -0.15) is 13.2 Å². The third kappa shape index (κ3) is 5.54. The fourth-order valence-electron chi connectivity index (χ4n) is 1.81. The van der Waals surface area contributed by atoms with E-state index in [1.165, 1.54) is 0 Å². The second kappa shape index (κ2) is 7.77. The number of nitrogens with one attached hydrogen (secondary N) is 1. The van der Waals surface area contributed by atoms with Crippen molar-refractivity contribution in [1.29, 1.82) is 0 Å². The van der Waals surface area contributed by atoms with Gasteiger partial charge in [0.25, 0.3) is 5.91 Å². The fourth-order valence-corrected chi connectivity index (χ4v) is 1.81. The van der Waals surface area contributed by atoms with Crippen LogP contribution < -0.4 is 11.1 Å². The number of aliphatic hydroxyl groups is 1. The van der Waals surface area contributed by atoms with Crippen LogP contribution in [0.4, 0.5) is 13.2 Å². The summed E-state index contributed by atoms with van der Waals surface area (Å²) in [5, 5.41) is 20.4. The zero-order valence-corrected chi connectivity index (χ0v) is 12.2. The number of carboxylic acid groups (broad SMARTS) is 1. The van der Waals surface area contributed by atoms with E-state index in [4.69, 9.17) is 10.8 Å². The lowest BCUT2D eigenvalue weighted by atomic mass is 10.0. The van der Waals surface area contributed by atoms with Gasteiger partial charge in [0.15, 0.2) is 6.10 Å². The van der Waals surface area contributed by atoms with Gasteiger partial charge in [0.2, 0.25) is 5.91 Å². The van der Waals surface area contributed by atoms with Crippen LogP contribution in [0.1, 0.15) is 30.1 Å². The molecule has 2 atom stereocenters. The van der Waals surface area contributed by atoms with E-state index in [0.29, 0.717) is 12.1 Å². The number of amides is 2. The molecule has 0 unspecified atom stereocenters. The molecular formula is C14H15F3N2O5. The van der Waals surface area contributed by atoms with Gasteiger partial charge in [-0.25, -0.2) is 0 Å². The summed E-state index contributed by atoms with van der Waals surface area (Å²) in [6.07, 6.45) is -7.11. The molecular weight excluding hydrogens is 333 g/mol. The molecule has 1 rings (SSSR count). The second-order valence-electron chi connectivity index (χ2n) is 4.92. The molecule has 132 valence electrons. The van der Waals surface area contributed by atoms with Crippen molar-refractivity contribution in [2.45, 2.75) is 31.2 Å². The molecule has 24 heavy (non-hydrogen) atoms. The van der Waals surface area contributed by atoms with Gasteiger partial charge in [0.05, 0.1) is 5.56 Å². The number of carbonyl (C=O) groups excluding carboxylic acids is 2. The highest BCUT2D eigenvalue weighted by Crippen LogP contribution is 2.29. The van der Waals surface area contributed by atoms with Gasteiger partial charge < -0.3 is 21.3 Å². The Morgan fingerprint density at radius 2 is 1.71 bits per heavy atom. The first-order valence-corrected chi connectivity index (χ1v) is 6.69. The molecule has 0 aliphatic heterocycles. The number of aliphatic hydroxyl groups excluding tert-OH is 1. The molecule has 1 aromatic carbocycles. The molecule has 5 N–H and O–H groups in total. The lowest BCUT2D eigenvalue weighted by molar-refractivity contribution is -0.139. The maximum absolute atomic E-state index is 12.4. The molecule has 0 aliphatic rings. The van der Waals surface area contributed by atoms with Crippen LogP contribution in [0.2, 0.25) is 0 Å². The Hall–Kier alpha value is -2.62. The van der Waals surface area contributed by atoms with Crippen molar-refractivity contribution in [2.75, 3.05) is 0 Å². The molecule has 0 aromatic heterocycles. The van der Waals surface area contributed by atoms with Crippen molar-refractivity contribution in [3.05, 3.63) is 35.4 Å². The fraction of sp³-hybridized carbons (Fsp3) is 0.357. The number of benzene rings is 1. The molecule has 1 aromatic rings. The molecule has 0 heterocycles. The van der Waals surface area contributed by atoms with Gasteiger partial charge >= 0.3 is 12.1 Å². The average molecular weight is 348 g/mol. The van der Waals surface area contributed by atoms with Crippen LogP contribution in [0.15, 0.2) is 24.3 Å². The molecule has 2 amide bonds. The van der Waals surface area contributed by atoms with E-state index in [9.17, 15) is 32.7 Å². The van der Waals surface area contributed by atoms with Crippen LogP contribution in [0.25, 0.3) is 0 Å². The van der Waals surface area contributed by atoms with E-state index < -0.39 is 48.1 Å². The van der Waals surface area contributed by atoms with Crippen molar-refractivity contribution in [1.82, 2.24) is 5.32 Å². The van der Waals surface area contributed by atoms with Crippen molar-refractivity contribution in [3.63, 3.8) is 0 Å². The first-order chi connectivity index (χ1) is 11.0. The maximum atomic E-state index is 12.4. The lowest BCUT2D eigenvalue weighted by Gasteiger charge is -2.18. The average Bonchev–Trinajstić information content (AvgIpc) is 2.49. The molecule has 0 bridgehead atoms. The van der Waals surface area contributed by atoms with Crippen LogP contribution in [-0.2, 0) is 20.6 Å². The van der Waals surface area contributed by atoms with E-state index >= 15 is 0 Å². The van der Waals surface area contributed by atoms with Gasteiger partial charge in [-0.05, 0) is 24.1 Å². The first kappa shape index (κ1) is 19.4. The number of carbonyl (C=O) groups is 3. The van der Waals surface area contributed by atoms with E-state index in [2.05, 4.69) is 5.32 Å². The third-order valence-corrected chi connectivity index (χ3v) is 3.11. The number of halogens is 3. The minimum absolute atomic E-state index is 0.123. The van der Waals surface area contributed by atoms with Crippen LogP contribution in [0.5, 0.6) is 0 Å². The van der Waals surface area contributed by atoms with Crippen LogP contribution in [-0.4, -0.2) is 34.0 Å². The SMILES string of the molecule is NC(=O)[C@H](CCC(=O)O)NC(=O)[C@H](O)c1ccc(C(F)(F)F)cc1. The highest BCUT2D eigenvalue weighted by atomic mass is 19.4. The van der Waals surface area contributed by atoms with Gasteiger partial charge in [-0.3, -0.25) is 14.4 Å². The zero-order chi connectivity index (χ0) is 18.5. The van der Waals surface area contributed by atoms with Gasteiger partial charge in [0.1, 0.15) is 6.04 Å². The molecule has 0 spiro atoms. The second-order valence-corrected chi connectivity index (χ2v) is 4.92. The summed E-state index contributed by atoms with van der Waals surface area (Å²) in [6, 6.07) is 1.91. The van der Waals surface area contributed by atoms with Crippen molar-refractivity contribution in [2.24, 2.45) is 5.73 Å². The van der Waals surface area contributed by atoms with Crippen molar-refractivity contribution < 1.29 is 37.8 Å². The Balaban J connectivity index is 2.78. The summed E-state index contributed by atoms with van der Waals surface area (Å²) in [5.74, 6) is -3.29. The third-order valence-electron chi connectivity index (χ3n) is 3.11. The normalized spacial score (nSPS) is 13.8. The molecule has 0 saturated heterocycles. The Labute approximate surface area is 134 Å². The number of rotatable bonds is 7. The molecule has 0 fully saturated rings. The predicted octanol–water partition coefficient (Wildman–Crippen LogP) is 0.574. The molecule has 0 radical (unpaired) electrons. The van der Waals surface area contributed by atoms with Crippen molar-refractivity contribution in [3.8, 4) is 0 Å². The van der Waals surface area contributed by atoms with E-state index in [1.54, 1.807) is 0 Å². The van der Waals surface area contributed by atoms with E-state index in [1.807, 2.05) is 0 Å². The Kier molecular flexibility index (Phi) is 6.29. The minimum Gasteiger partial charge on any atom is -0.481 e.